The van der Waals surface area contributed by atoms with Crippen LogP contribution in [0.15, 0.2) is 97.2 Å². The first-order valence-corrected chi connectivity index (χ1v) is 13.3. The maximum absolute atomic E-state index is 13.9. The summed E-state index contributed by atoms with van der Waals surface area (Å²) < 4.78 is 7.54. The first-order chi connectivity index (χ1) is 18.9. The topological polar surface area (TPSA) is 54.8 Å². The van der Waals surface area contributed by atoms with Crippen molar-refractivity contribution in [2.75, 3.05) is 13.7 Å². The minimum Gasteiger partial charge on any atom is -0.497 e. The van der Waals surface area contributed by atoms with Gasteiger partial charge in [0.2, 0.25) is 5.91 Å². The molecule has 0 saturated carbocycles. The number of ether oxygens (including phenoxy) is 1. The zero-order chi connectivity index (χ0) is 27.8. The normalized spacial score (nSPS) is 10.9. The van der Waals surface area contributed by atoms with Crippen molar-refractivity contribution >= 4 is 11.8 Å². The predicted octanol–water partition coefficient (Wildman–Crippen LogP) is 5.93. The number of hydrogen-bond acceptors (Lipinski definition) is 3. The Morgan fingerprint density at radius 1 is 0.846 bits per heavy atom. The number of methoxy groups -OCH3 is 1. The standard InChI is InChI=1S/C33H37N3O3/c1-25(2)36(33(38)31-18-9-8-12-26(31)3)24-32(37)35(21-27-13-6-5-7-14-27)23-29-16-11-19-34(29)22-28-15-10-17-30(20-28)39-4/h5-20,25H,21-24H2,1-4H3. The second-order valence-corrected chi connectivity index (χ2v) is 10.1. The summed E-state index contributed by atoms with van der Waals surface area (Å²) in [5, 5.41) is 0. The number of aromatic nitrogens is 1. The van der Waals surface area contributed by atoms with Crippen molar-refractivity contribution in [2.45, 2.75) is 46.4 Å². The first kappa shape index (κ1) is 27.7. The Morgan fingerprint density at radius 3 is 2.28 bits per heavy atom. The second kappa shape index (κ2) is 13.0. The molecule has 2 amide bonds. The van der Waals surface area contributed by atoms with Crippen LogP contribution in [0.1, 0.15) is 46.6 Å². The van der Waals surface area contributed by atoms with Gasteiger partial charge in [-0.25, -0.2) is 0 Å². The van der Waals surface area contributed by atoms with Crippen LogP contribution < -0.4 is 4.74 Å². The lowest BCUT2D eigenvalue weighted by Gasteiger charge is -2.31. The predicted molar refractivity (Wildman–Crippen MR) is 155 cm³/mol. The fraction of sp³-hybridized carbons (Fsp3) is 0.273. The van der Waals surface area contributed by atoms with E-state index in [1.165, 1.54) is 0 Å². The van der Waals surface area contributed by atoms with E-state index in [9.17, 15) is 9.59 Å². The molecule has 0 aliphatic rings. The third kappa shape index (κ3) is 7.17. The Hall–Kier alpha value is -4.32. The van der Waals surface area contributed by atoms with Gasteiger partial charge < -0.3 is 19.1 Å². The highest BCUT2D eigenvalue weighted by molar-refractivity contribution is 5.97. The average Bonchev–Trinajstić information content (AvgIpc) is 3.37. The molecule has 3 aromatic carbocycles. The monoisotopic (exact) mass is 523 g/mol. The molecule has 0 radical (unpaired) electrons. The molecule has 0 aliphatic heterocycles. The van der Waals surface area contributed by atoms with Crippen molar-refractivity contribution < 1.29 is 14.3 Å². The summed E-state index contributed by atoms with van der Waals surface area (Å²) in [6.07, 6.45) is 2.03. The summed E-state index contributed by atoms with van der Waals surface area (Å²) in [5.41, 5.74) is 4.70. The van der Waals surface area contributed by atoms with E-state index in [0.29, 0.717) is 25.2 Å². The average molecular weight is 524 g/mol. The van der Waals surface area contributed by atoms with E-state index in [2.05, 4.69) is 10.6 Å². The lowest BCUT2D eigenvalue weighted by Crippen LogP contribution is -2.45. The Kier molecular flexibility index (Phi) is 9.21. The third-order valence-corrected chi connectivity index (χ3v) is 6.90. The number of rotatable bonds is 11. The van der Waals surface area contributed by atoms with Crippen molar-refractivity contribution in [3.63, 3.8) is 0 Å². The summed E-state index contributed by atoms with van der Waals surface area (Å²) in [6, 6.07) is 29.4. The van der Waals surface area contributed by atoms with Crippen LogP contribution in [0.5, 0.6) is 5.75 Å². The Balaban J connectivity index is 1.58. The van der Waals surface area contributed by atoms with Gasteiger partial charge in [0.1, 0.15) is 12.3 Å². The SMILES string of the molecule is COc1cccc(Cn2cccc2CN(Cc2ccccc2)C(=O)CN(C(=O)c2ccccc2C)C(C)C)c1. The molecule has 4 aromatic rings. The van der Waals surface area contributed by atoms with Crippen LogP contribution in [0.25, 0.3) is 0 Å². The summed E-state index contributed by atoms with van der Waals surface area (Å²) in [6.45, 7) is 7.37. The fourth-order valence-electron chi connectivity index (χ4n) is 4.65. The van der Waals surface area contributed by atoms with Crippen LogP contribution in [-0.4, -0.2) is 45.9 Å². The van der Waals surface area contributed by atoms with Crippen LogP contribution in [0.4, 0.5) is 0 Å². The number of amides is 2. The molecular formula is C33H37N3O3. The van der Waals surface area contributed by atoms with Crippen LogP contribution in [0.3, 0.4) is 0 Å². The van der Waals surface area contributed by atoms with Crippen LogP contribution in [0.2, 0.25) is 0 Å². The molecule has 0 N–H and O–H groups in total. The van der Waals surface area contributed by atoms with Crippen LogP contribution in [0, 0.1) is 6.92 Å². The fourth-order valence-corrected chi connectivity index (χ4v) is 4.65. The number of carbonyl (C=O) groups excluding carboxylic acids is 2. The lowest BCUT2D eigenvalue weighted by molar-refractivity contribution is -0.133. The van der Waals surface area contributed by atoms with Crippen LogP contribution >= 0.6 is 0 Å². The smallest absolute Gasteiger partial charge is 0.254 e. The molecule has 0 atom stereocenters. The van der Waals surface area contributed by atoms with E-state index >= 15 is 0 Å². The molecule has 39 heavy (non-hydrogen) atoms. The summed E-state index contributed by atoms with van der Waals surface area (Å²) in [4.78, 5) is 30.9. The van der Waals surface area contributed by atoms with Gasteiger partial charge >= 0.3 is 0 Å². The molecule has 0 unspecified atom stereocenters. The molecule has 1 aromatic heterocycles. The lowest BCUT2D eigenvalue weighted by atomic mass is 10.1. The zero-order valence-electron chi connectivity index (χ0n) is 23.2. The number of carbonyl (C=O) groups is 2. The Labute approximate surface area is 231 Å². The molecule has 4 rings (SSSR count). The Morgan fingerprint density at radius 2 is 1.56 bits per heavy atom. The number of benzene rings is 3. The molecule has 1 heterocycles. The van der Waals surface area contributed by atoms with Gasteiger partial charge in [0.25, 0.3) is 5.91 Å². The molecule has 6 heteroatoms. The molecule has 0 bridgehead atoms. The molecule has 6 nitrogen and oxygen atoms in total. The van der Waals surface area contributed by atoms with Gasteiger partial charge in [-0.15, -0.1) is 0 Å². The maximum Gasteiger partial charge on any atom is 0.254 e. The van der Waals surface area contributed by atoms with Gasteiger partial charge in [-0.2, -0.15) is 0 Å². The minimum atomic E-state index is -0.128. The third-order valence-electron chi connectivity index (χ3n) is 6.90. The van der Waals surface area contributed by atoms with E-state index in [1.54, 1.807) is 12.0 Å². The van der Waals surface area contributed by atoms with E-state index in [4.69, 9.17) is 4.74 Å². The molecule has 0 fully saturated rings. The van der Waals surface area contributed by atoms with Gasteiger partial charge in [-0.1, -0.05) is 60.7 Å². The van der Waals surface area contributed by atoms with Gasteiger partial charge in [-0.05, 0) is 67.8 Å². The minimum absolute atomic E-state index is 0.00819. The van der Waals surface area contributed by atoms with Gasteiger partial charge in [-0.3, -0.25) is 9.59 Å². The summed E-state index contributed by atoms with van der Waals surface area (Å²) in [5.74, 6) is 0.593. The van der Waals surface area contributed by atoms with Crippen LogP contribution in [-0.2, 0) is 24.4 Å². The summed E-state index contributed by atoms with van der Waals surface area (Å²) in [7, 11) is 1.66. The van der Waals surface area contributed by atoms with Gasteiger partial charge in [0.15, 0.2) is 0 Å². The van der Waals surface area contributed by atoms with Crippen molar-refractivity contribution in [2.24, 2.45) is 0 Å². The van der Waals surface area contributed by atoms with Crippen molar-refractivity contribution in [1.29, 1.82) is 0 Å². The second-order valence-electron chi connectivity index (χ2n) is 10.1. The summed E-state index contributed by atoms with van der Waals surface area (Å²) >= 11 is 0. The van der Waals surface area contributed by atoms with Gasteiger partial charge in [0, 0.05) is 36.6 Å². The number of aryl methyl sites for hydroxylation is 1. The number of hydrogen-bond donors (Lipinski definition) is 0. The zero-order valence-corrected chi connectivity index (χ0v) is 23.2. The maximum atomic E-state index is 13.9. The van der Waals surface area contributed by atoms with Crippen molar-refractivity contribution in [1.82, 2.24) is 14.4 Å². The number of nitrogens with zero attached hydrogens (tertiary/aromatic N) is 3. The molecular weight excluding hydrogens is 486 g/mol. The van der Waals surface area contributed by atoms with E-state index in [0.717, 1.165) is 28.1 Å². The highest BCUT2D eigenvalue weighted by Crippen LogP contribution is 2.18. The van der Waals surface area contributed by atoms with E-state index in [-0.39, 0.29) is 24.4 Å². The van der Waals surface area contributed by atoms with E-state index < -0.39 is 0 Å². The highest BCUT2D eigenvalue weighted by atomic mass is 16.5. The van der Waals surface area contributed by atoms with Crippen molar-refractivity contribution in [3.8, 4) is 5.75 Å². The molecule has 0 aliphatic carbocycles. The van der Waals surface area contributed by atoms with Gasteiger partial charge in [0.05, 0.1) is 13.7 Å². The quantitative estimate of drug-likeness (QED) is 0.245. The molecule has 0 spiro atoms. The Bertz CT molecular complexity index is 1390. The molecule has 0 saturated heterocycles. The van der Waals surface area contributed by atoms with Crippen molar-refractivity contribution in [3.05, 3.63) is 125 Å². The highest BCUT2D eigenvalue weighted by Gasteiger charge is 2.26. The molecule has 202 valence electrons. The van der Waals surface area contributed by atoms with E-state index in [1.807, 2.05) is 117 Å². The largest absolute Gasteiger partial charge is 0.497 e. The first-order valence-electron chi connectivity index (χ1n) is 13.3.